The van der Waals surface area contributed by atoms with Gasteiger partial charge in [-0.3, -0.25) is 0 Å². The van der Waals surface area contributed by atoms with Gasteiger partial charge in [0.05, 0.1) is 0 Å². The monoisotopic (exact) mass is 353 g/mol. The van der Waals surface area contributed by atoms with E-state index in [0.717, 1.165) is 36.0 Å². The van der Waals surface area contributed by atoms with E-state index in [4.69, 9.17) is 5.73 Å². The maximum absolute atomic E-state index is 6.19. The van der Waals surface area contributed by atoms with Crippen LogP contribution in [0.3, 0.4) is 0 Å². The van der Waals surface area contributed by atoms with Gasteiger partial charge in [0, 0.05) is 6.04 Å². The van der Waals surface area contributed by atoms with Crippen molar-refractivity contribution in [1.82, 2.24) is 0 Å². The first kappa shape index (κ1) is 19.7. The lowest BCUT2D eigenvalue weighted by molar-refractivity contribution is 0.00922. The molecule has 0 amide bonds. The second-order valence-electron chi connectivity index (χ2n) is 9.24. The lowest BCUT2D eigenvalue weighted by atomic mass is 9.50. The molecule has 1 nitrogen and oxygen atoms in total. The second kappa shape index (κ2) is 7.89. The lowest BCUT2D eigenvalue weighted by Gasteiger charge is -2.54. The largest absolute Gasteiger partial charge is 0.324 e. The minimum absolute atomic E-state index is 0.266. The van der Waals surface area contributed by atoms with E-state index in [1.165, 1.54) is 56.1 Å². The van der Waals surface area contributed by atoms with E-state index in [0.29, 0.717) is 5.41 Å². The van der Waals surface area contributed by atoms with Crippen molar-refractivity contribution in [1.29, 1.82) is 0 Å². The number of allylic oxidation sites excluding steroid dienone is 4. The van der Waals surface area contributed by atoms with Crippen LogP contribution in [0.5, 0.6) is 0 Å². The quantitative estimate of drug-likeness (QED) is 0.568. The molecular weight excluding hydrogens is 314 g/mol. The highest BCUT2D eigenvalue weighted by Gasteiger charge is 2.56. The molecule has 0 bridgehead atoms. The summed E-state index contributed by atoms with van der Waals surface area (Å²) >= 11 is 0. The summed E-state index contributed by atoms with van der Waals surface area (Å²) in [5.74, 6) is 4.16. The average Bonchev–Trinajstić information content (AvgIpc) is 3.00. The molecule has 7 atom stereocenters. The Balaban J connectivity index is 0.000000447. The van der Waals surface area contributed by atoms with Crippen molar-refractivity contribution in [2.24, 2.45) is 40.7 Å². The van der Waals surface area contributed by atoms with E-state index in [-0.39, 0.29) is 6.04 Å². The topological polar surface area (TPSA) is 26.0 Å². The van der Waals surface area contributed by atoms with Gasteiger partial charge in [0.2, 0.25) is 0 Å². The van der Waals surface area contributed by atoms with Gasteiger partial charge >= 0.3 is 0 Å². The predicted octanol–water partition coefficient (Wildman–Crippen LogP) is 6.44. The third kappa shape index (κ3) is 3.17. The standard InChI is InChI=1S/C21H31N.C4H8/c1-4-21-10-9-17-16-7-6-15(22)12-18(16)13(2)11-19(17)20(21)8-5-14(21)3;1-3-4-2/h4,12,14-17,19-20H,1-2,5-11,22H2,3H3;3H,1,4H2,2H3. The number of rotatable bonds is 2. The van der Waals surface area contributed by atoms with E-state index in [2.05, 4.69) is 45.7 Å². The molecule has 0 saturated heterocycles. The molecule has 0 heterocycles. The smallest absolute Gasteiger partial charge is 0.0229 e. The Kier molecular flexibility index (Phi) is 5.97. The van der Waals surface area contributed by atoms with Crippen LogP contribution in [0.1, 0.15) is 65.2 Å². The zero-order valence-electron chi connectivity index (χ0n) is 17.1. The number of hydrogen-bond acceptors (Lipinski definition) is 1. The molecule has 1 heteroatoms. The summed E-state index contributed by atoms with van der Waals surface area (Å²) in [6.07, 6.45) is 16.9. The van der Waals surface area contributed by atoms with Crippen molar-refractivity contribution in [3.63, 3.8) is 0 Å². The van der Waals surface area contributed by atoms with Crippen LogP contribution in [0.15, 0.2) is 49.1 Å². The van der Waals surface area contributed by atoms with Gasteiger partial charge in [0.15, 0.2) is 0 Å². The molecule has 0 aliphatic heterocycles. The van der Waals surface area contributed by atoms with E-state index in [9.17, 15) is 0 Å². The molecule has 144 valence electrons. The molecule has 0 aromatic rings. The van der Waals surface area contributed by atoms with Gasteiger partial charge in [0.1, 0.15) is 0 Å². The van der Waals surface area contributed by atoms with Gasteiger partial charge in [0.25, 0.3) is 0 Å². The van der Waals surface area contributed by atoms with Gasteiger partial charge in [-0.15, -0.1) is 13.2 Å². The maximum Gasteiger partial charge on any atom is 0.0229 e. The molecule has 4 aliphatic carbocycles. The van der Waals surface area contributed by atoms with Crippen molar-refractivity contribution in [3.05, 3.63) is 49.1 Å². The fourth-order valence-electron chi connectivity index (χ4n) is 6.75. The van der Waals surface area contributed by atoms with E-state index < -0.39 is 0 Å². The molecule has 0 spiro atoms. The van der Waals surface area contributed by atoms with Crippen LogP contribution in [-0.4, -0.2) is 6.04 Å². The van der Waals surface area contributed by atoms with Crippen LogP contribution in [0.25, 0.3) is 0 Å². The highest BCUT2D eigenvalue weighted by molar-refractivity contribution is 5.38. The molecule has 0 aromatic heterocycles. The second-order valence-corrected chi connectivity index (χ2v) is 9.24. The molecule has 26 heavy (non-hydrogen) atoms. The van der Waals surface area contributed by atoms with Crippen LogP contribution in [0.4, 0.5) is 0 Å². The van der Waals surface area contributed by atoms with Gasteiger partial charge in [-0.05, 0) is 91.9 Å². The Labute approximate surface area is 161 Å². The Morgan fingerprint density at radius 3 is 2.54 bits per heavy atom. The molecule has 3 fully saturated rings. The fraction of sp³-hybridized carbons (Fsp3) is 0.680. The van der Waals surface area contributed by atoms with E-state index in [1.54, 1.807) is 0 Å². The third-order valence-electron chi connectivity index (χ3n) is 8.18. The number of fused-ring (bicyclic) bond motifs is 5. The van der Waals surface area contributed by atoms with Crippen LogP contribution in [-0.2, 0) is 0 Å². The summed E-state index contributed by atoms with van der Waals surface area (Å²) in [7, 11) is 0. The van der Waals surface area contributed by atoms with Crippen molar-refractivity contribution in [2.45, 2.75) is 71.3 Å². The first-order valence-electron chi connectivity index (χ1n) is 10.9. The predicted molar refractivity (Wildman–Crippen MR) is 114 cm³/mol. The van der Waals surface area contributed by atoms with E-state index >= 15 is 0 Å². The first-order valence-corrected chi connectivity index (χ1v) is 10.9. The summed E-state index contributed by atoms with van der Waals surface area (Å²) in [6, 6.07) is 0.266. The Bertz CT molecular complexity index is 585. The van der Waals surface area contributed by atoms with Crippen LogP contribution < -0.4 is 5.73 Å². The number of nitrogens with two attached hydrogens (primary N) is 1. The molecule has 2 N–H and O–H groups in total. The SMILES string of the molecule is C=CC12CCC3C4CCC(N)C=C4C(=C)CC3C1CCC2C.C=CCC. The average molecular weight is 354 g/mol. The summed E-state index contributed by atoms with van der Waals surface area (Å²) in [5.41, 5.74) is 9.55. The minimum Gasteiger partial charge on any atom is -0.324 e. The molecule has 0 aromatic carbocycles. The molecule has 7 unspecified atom stereocenters. The first-order chi connectivity index (χ1) is 12.5. The number of hydrogen-bond donors (Lipinski definition) is 1. The highest BCUT2D eigenvalue weighted by atomic mass is 14.6. The van der Waals surface area contributed by atoms with Gasteiger partial charge in [-0.25, -0.2) is 0 Å². The Morgan fingerprint density at radius 1 is 1.15 bits per heavy atom. The van der Waals surface area contributed by atoms with Crippen molar-refractivity contribution >= 4 is 0 Å². The molecule has 3 saturated carbocycles. The van der Waals surface area contributed by atoms with Gasteiger partial charge in [-0.1, -0.05) is 44.2 Å². The summed E-state index contributed by atoms with van der Waals surface area (Å²) in [5, 5.41) is 0. The third-order valence-corrected chi connectivity index (χ3v) is 8.18. The van der Waals surface area contributed by atoms with Gasteiger partial charge in [-0.2, -0.15) is 0 Å². The van der Waals surface area contributed by atoms with Crippen LogP contribution in [0, 0.1) is 35.0 Å². The van der Waals surface area contributed by atoms with Crippen molar-refractivity contribution in [2.75, 3.05) is 0 Å². The normalized spacial score (nSPS) is 43.8. The van der Waals surface area contributed by atoms with E-state index in [1.807, 2.05) is 6.08 Å². The molecule has 0 radical (unpaired) electrons. The van der Waals surface area contributed by atoms with Crippen molar-refractivity contribution in [3.8, 4) is 0 Å². The summed E-state index contributed by atoms with van der Waals surface area (Å²) in [6.45, 7) is 16.7. The molecule has 4 aliphatic rings. The summed E-state index contributed by atoms with van der Waals surface area (Å²) in [4.78, 5) is 0. The van der Waals surface area contributed by atoms with Crippen LogP contribution in [0.2, 0.25) is 0 Å². The Morgan fingerprint density at radius 2 is 1.88 bits per heavy atom. The van der Waals surface area contributed by atoms with Crippen LogP contribution >= 0.6 is 0 Å². The van der Waals surface area contributed by atoms with Crippen molar-refractivity contribution < 1.29 is 0 Å². The lowest BCUT2D eigenvalue weighted by Crippen LogP contribution is -2.47. The Hall–Kier alpha value is -1.08. The zero-order chi connectivity index (χ0) is 18.9. The zero-order valence-corrected chi connectivity index (χ0v) is 17.1. The maximum atomic E-state index is 6.19. The molecule has 4 rings (SSSR count). The van der Waals surface area contributed by atoms with Gasteiger partial charge < -0.3 is 5.73 Å². The minimum atomic E-state index is 0.266. The highest BCUT2D eigenvalue weighted by Crippen LogP contribution is 2.64. The molecular formula is C25H39N. The fourth-order valence-corrected chi connectivity index (χ4v) is 6.75. The summed E-state index contributed by atoms with van der Waals surface area (Å²) < 4.78 is 0.